The minimum Gasteiger partial charge on any atom is -0.497 e. The summed E-state index contributed by atoms with van der Waals surface area (Å²) in [6, 6.07) is 15.7. The van der Waals surface area contributed by atoms with E-state index < -0.39 is 0 Å². The average molecular weight is 310 g/mol. The molecule has 1 aromatic heterocycles. The average Bonchev–Trinajstić information content (AvgIpc) is 3.03. The lowest BCUT2D eigenvalue weighted by Crippen LogP contribution is -2.01. The summed E-state index contributed by atoms with van der Waals surface area (Å²) in [7, 11) is 3.05. The first-order valence-electron chi connectivity index (χ1n) is 7.43. The molecule has 3 rings (SSSR count). The SMILES string of the molecule is COC(=O)CCc1ccc2oc(-c3ccc(OC)cc3)cc2c1. The molecule has 0 saturated carbocycles. The van der Waals surface area contributed by atoms with Gasteiger partial charge in [0.25, 0.3) is 0 Å². The maximum Gasteiger partial charge on any atom is 0.305 e. The van der Waals surface area contributed by atoms with E-state index in [0.29, 0.717) is 12.8 Å². The second-order valence-electron chi connectivity index (χ2n) is 5.29. The minimum atomic E-state index is -0.198. The molecule has 118 valence electrons. The molecule has 4 heteroatoms. The highest BCUT2D eigenvalue weighted by Crippen LogP contribution is 2.29. The van der Waals surface area contributed by atoms with E-state index in [9.17, 15) is 4.79 Å². The van der Waals surface area contributed by atoms with Gasteiger partial charge in [0.05, 0.1) is 14.2 Å². The van der Waals surface area contributed by atoms with Crippen LogP contribution in [0.25, 0.3) is 22.3 Å². The third kappa shape index (κ3) is 3.37. The van der Waals surface area contributed by atoms with E-state index in [1.807, 2.05) is 42.5 Å². The standard InChI is InChI=1S/C19H18O4/c1-21-16-7-5-14(6-8-16)18-12-15-11-13(3-9-17(15)23-18)4-10-19(20)22-2/h3,5-9,11-12H,4,10H2,1-2H3. The van der Waals surface area contributed by atoms with Crippen molar-refractivity contribution >= 4 is 16.9 Å². The molecule has 0 aliphatic carbocycles. The Morgan fingerprint density at radius 1 is 1.04 bits per heavy atom. The summed E-state index contributed by atoms with van der Waals surface area (Å²) in [6.45, 7) is 0. The molecule has 1 heterocycles. The van der Waals surface area contributed by atoms with Crippen molar-refractivity contribution in [2.45, 2.75) is 12.8 Å². The van der Waals surface area contributed by atoms with Gasteiger partial charge in [-0.2, -0.15) is 0 Å². The molecule has 23 heavy (non-hydrogen) atoms. The summed E-state index contributed by atoms with van der Waals surface area (Å²) in [5, 5.41) is 1.03. The van der Waals surface area contributed by atoms with Gasteiger partial charge in [0, 0.05) is 17.4 Å². The largest absolute Gasteiger partial charge is 0.497 e. The van der Waals surface area contributed by atoms with Gasteiger partial charge in [-0.25, -0.2) is 0 Å². The van der Waals surface area contributed by atoms with E-state index in [0.717, 1.165) is 33.6 Å². The van der Waals surface area contributed by atoms with Gasteiger partial charge in [-0.05, 0) is 54.4 Å². The smallest absolute Gasteiger partial charge is 0.305 e. The third-order valence-electron chi connectivity index (χ3n) is 3.80. The fraction of sp³-hybridized carbons (Fsp3) is 0.211. The van der Waals surface area contributed by atoms with Crippen molar-refractivity contribution in [2.75, 3.05) is 14.2 Å². The normalized spacial score (nSPS) is 10.7. The van der Waals surface area contributed by atoms with E-state index in [1.165, 1.54) is 7.11 Å². The number of aryl methyl sites for hydroxylation is 1. The zero-order chi connectivity index (χ0) is 16.2. The van der Waals surface area contributed by atoms with Crippen molar-refractivity contribution in [1.29, 1.82) is 0 Å². The number of carbonyl (C=O) groups excluding carboxylic acids is 1. The van der Waals surface area contributed by atoms with Crippen LogP contribution in [0.4, 0.5) is 0 Å². The van der Waals surface area contributed by atoms with Crippen LogP contribution in [0.3, 0.4) is 0 Å². The number of methoxy groups -OCH3 is 2. The molecule has 0 radical (unpaired) electrons. The van der Waals surface area contributed by atoms with E-state index in [1.54, 1.807) is 7.11 Å². The van der Waals surface area contributed by atoms with Crippen LogP contribution in [0.1, 0.15) is 12.0 Å². The molecule has 3 aromatic rings. The number of furan rings is 1. The number of carbonyl (C=O) groups is 1. The van der Waals surface area contributed by atoms with E-state index in [4.69, 9.17) is 9.15 Å². The van der Waals surface area contributed by atoms with Gasteiger partial charge in [-0.15, -0.1) is 0 Å². The summed E-state index contributed by atoms with van der Waals surface area (Å²) in [5.41, 5.74) is 2.92. The predicted octanol–water partition coefficient (Wildman–Crippen LogP) is 4.21. The lowest BCUT2D eigenvalue weighted by atomic mass is 10.1. The van der Waals surface area contributed by atoms with E-state index in [2.05, 4.69) is 10.8 Å². The van der Waals surface area contributed by atoms with Gasteiger partial charge in [0.1, 0.15) is 17.1 Å². The van der Waals surface area contributed by atoms with E-state index >= 15 is 0 Å². The second-order valence-corrected chi connectivity index (χ2v) is 5.29. The fourth-order valence-electron chi connectivity index (χ4n) is 2.49. The fourth-order valence-corrected chi connectivity index (χ4v) is 2.49. The Balaban J connectivity index is 1.84. The molecule has 0 bridgehead atoms. The van der Waals surface area contributed by atoms with Crippen LogP contribution in [0.15, 0.2) is 52.9 Å². The number of esters is 1. The van der Waals surface area contributed by atoms with Crippen LogP contribution < -0.4 is 4.74 Å². The van der Waals surface area contributed by atoms with Gasteiger partial charge in [0.2, 0.25) is 0 Å². The van der Waals surface area contributed by atoms with Crippen molar-refractivity contribution in [2.24, 2.45) is 0 Å². The highest BCUT2D eigenvalue weighted by Gasteiger charge is 2.08. The molecule has 0 aliphatic rings. The first-order valence-corrected chi connectivity index (χ1v) is 7.43. The van der Waals surface area contributed by atoms with Crippen LogP contribution in [-0.2, 0) is 16.0 Å². The zero-order valence-corrected chi connectivity index (χ0v) is 13.2. The Bertz CT molecular complexity index is 815. The first-order chi connectivity index (χ1) is 11.2. The second kappa shape index (κ2) is 6.57. The molecule has 0 saturated heterocycles. The van der Waals surface area contributed by atoms with Gasteiger partial charge in [0.15, 0.2) is 0 Å². The van der Waals surface area contributed by atoms with Crippen LogP contribution in [0.2, 0.25) is 0 Å². The Morgan fingerprint density at radius 3 is 2.52 bits per heavy atom. The summed E-state index contributed by atoms with van der Waals surface area (Å²) < 4.78 is 15.7. The highest BCUT2D eigenvalue weighted by molar-refractivity contribution is 5.83. The highest BCUT2D eigenvalue weighted by atomic mass is 16.5. The molecular formula is C19H18O4. The molecule has 0 unspecified atom stereocenters. The quantitative estimate of drug-likeness (QED) is 0.662. The third-order valence-corrected chi connectivity index (χ3v) is 3.80. The summed E-state index contributed by atoms with van der Waals surface area (Å²) >= 11 is 0. The van der Waals surface area contributed by atoms with Gasteiger partial charge in [-0.3, -0.25) is 4.79 Å². The number of fused-ring (bicyclic) bond motifs is 1. The van der Waals surface area contributed by atoms with Crippen LogP contribution in [0, 0.1) is 0 Å². The van der Waals surface area contributed by atoms with Crippen molar-refractivity contribution in [3.63, 3.8) is 0 Å². The lowest BCUT2D eigenvalue weighted by Gasteiger charge is -2.00. The van der Waals surface area contributed by atoms with Crippen LogP contribution in [-0.4, -0.2) is 20.2 Å². The Kier molecular flexibility index (Phi) is 4.33. The molecule has 0 atom stereocenters. The van der Waals surface area contributed by atoms with E-state index in [-0.39, 0.29) is 5.97 Å². The molecule has 0 aliphatic heterocycles. The monoisotopic (exact) mass is 310 g/mol. The zero-order valence-electron chi connectivity index (χ0n) is 13.2. The van der Waals surface area contributed by atoms with Gasteiger partial charge >= 0.3 is 5.97 Å². The number of hydrogen-bond acceptors (Lipinski definition) is 4. The van der Waals surface area contributed by atoms with Crippen molar-refractivity contribution in [3.05, 3.63) is 54.1 Å². The number of hydrogen-bond donors (Lipinski definition) is 0. The van der Waals surface area contributed by atoms with Gasteiger partial charge in [-0.1, -0.05) is 6.07 Å². The molecule has 0 fully saturated rings. The Labute approximate surface area is 134 Å². The maximum atomic E-state index is 11.2. The van der Waals surface area contributed by atoms with Crippen molar-refractivity contribution in [3.8, 4) is 17.1 Å². The van der Waals surface area contributed by atoms with Crippen molar-refractivity contribution < 1.29 is 18.7 Å². The molecule has 2 aromatic carbocycles. The minimum absolute atomic E-state index is 0.198. The summed E-state index contributed by atoms with van der Waals surface area (Å²) in [6.07, 6.45) is 1.04. The first kappa shape index (κ1) is 15.2. The lowest BCUT2D eigenvalue weighted by molar-refractivity contribution is -0.140. The molecule has 0 spiro atoms. The molecule has 0 N–H and O–H groups in total. The Hall–Kier alpha value is -2.75. The molecule has 0 amide bonds. The topological polar surface area (TPSA) is 48.7 Å². The summed E-state index contributed by atoms with van der Waals surface area (Å²) in [4.78, 5) is 11.2. The number of benzene rings is 2. The van der Waals surface area contributed by atoms with Gasteiger partial charge < -0.3 is 13.9 Å². The summed E-state index contributed by atoms with van der Waals surface area (Å²) in [5.74, 6) is 1.43. The molecular weight excluding hydrogens is 292 g/mol. The Morgan fingerprint density at radius 2 is 1.83 bits per heavy atom. The molecule has 4 nitrogen and oxygen atoms in total. The van der Waals surface area contributed by atoms with Crippen LogP contribution in [0.5, 0.6) is 5.75 Å². The number of rotatable bonds is 5. The predicted molar refractivity (Wildman–Crippen MR) is 88.5 cm³/mol. The number of ether oxygens (including phenoxy) is 2. The van der Waals surface area contributed by atoms with Crippen LogP contribution >= 0.6 is 0 Å². The maximum absolute atomic E-state index is 11.2. The van der Waals surface area contributed by atoms with Crippen molar-refractivity contribution in [1.82, 2.24) is 0 Å².